The molecule has 16 heavy (non-hydrogen) atoms. The molecular weight excluding hydrogens is 208 g/mol. The van der Waals surface area contributed by atoms with Gasteiger partial charge in [-0.2, -0.15) is 10.2 Å². The van der Waals surface area contributed by atoms with Gasteiger partial charge in [-0.1, -0.05) is 0 Å². The Morgan fingerprint density at radius 3 is 2.19 bits per heavy atom. The van der Waals surface area contributed by atoms with Crippen molar-refractivity contribution >= 4 is 11.7 Å². The van der Waals surface area contributed by atoms with E-state index in [1.165, 1.54) is 5.06 Å². The van der Waals surface area contributed by atoms with E-state index in [4.69, 9.17) is 5.73 Å². The molecule has 0 bridgehead atoms. The highest BCUT2D eigenvalue weighted by molar-refractivity contribution is 5.88. The molecule has 0 aromatic heterocycles. The van der Waals surface area contributed by atoms with Crippen LogP contribution in [0.25, 0.3) is 0 Å². The van der Waals surface area contributed by atoms with Gasteiger partial charge >= 0.3 is 6.03 Å². The number of nitrogens with one attached hydrogen (secondary N) is 1. The molecule has 4 N–H and O–H groups in total. The number of rotatable bonds is 1. The van der Waals surface area contributed by atoms with Crippen molar-refractivity contribution in [1.82, 2.24) is 10.5 Å². The maximum absolute atomic E-state index is 10.6. The SMILES string of the molecule is CC1(C)CC(=NNC(N)=O)CC(C)(C)N1O. The molecule has 1 rings (SSSR count). The van der Waals surface area contributed by atoms with Crippen molar-refractivity contribution in [3.63, 3.8) is 0 Å². The van der Waals surface area contributed by atoms with Gasteiger partial charge in [-0.3, -0.25) is 0 Å². The van der Waals surface area contributed by atoms with Crippen molar-refractivity contribution in [2.75, 3.05) is 0 Å². The lowest BCUT2D eigenvalue weighted by molar-refractivity contribution is -0.226. The van der Waals surface area contributed by atoms with Crippen LogP contribution in [0.2, 0.25) is 0 Å². The third-order valence-electron chi connectivity index (χ3n) is 2.74. The number of urea groups is 1. The van der Waals surface area contributed by atoms with E-state index in [9.17, 15) is 10.0 Å². The number of nitrogens with two attached hydrogens (primary N) is 1. The van der Waals surface area contributed by atoms with E-state index in [1.807, 2.05) is 27.7 Å². The van der Waals surface area contributed by atoms with Crippen LogP contribution in [-0.4, -0.2) is 33.1 Å². The summed E-state index contributed by atoms with van der Waals surface area (Å²) < 4.78 is 0. The molecule has 2 amide bonds. The first-order valence-electron chi connectivity index (χ1n) is 5.25. The van der Waals surface area contributed by atoms with Crippen LogP contribution >= 0.6 is 0 Å². The summed E-state index contributed by atoms with van der Waals surface area (Å²) in [5, 5.41) is 15.3. The fraction of sp³-hybridized carbons (Fsp3) is 0.800. The predicted molar refractivity (Wildman–Crippen MR) is 61.2 cm³/mol. The van der Waals surface area contributed by atoms with Gasteiger partial charge in [0, 0.05) is 29.6 Å². The lowest BCUT2D eigenvalue weighted by atomic mass is 9.81. The second kappa shape index (κ2) is 4.03. The van der Waals surface area contributed by atoms with Crippen molar-refractivity contribution < 1.29 is 10.0 Å². The van der Waals surface area contributed by atoms with Gasteiger partial charge in [0.25, 0.3) is 0 Å². The molecule has 0 aliphatic carbocycles. The quantitative estimate of drug-likeness (QED) is 0.586. The number of amides is 2. The second-order valence-electron chi connectivity index (χ2n) is 5.44. The number of nitrogens with zero attached hydrogens (tertiary/aromatic N) is 2. The van der Waals surface area contributed by atoms with E-state index in [1.54, 1.807) is 0 Å². The third-order valence-corrected chi connectivity index (χ3v) is 2.74. The van der Waals surface area contributed by atoms with Crippen LogP contribution in [0.5, 0.6) is 0 Å². The van der Waals surface area contributed by atoms with E-state index in [2.05, 4.69) is 10.5 Å². The smallest absolute Gasteiger partial charge is 0.332 e. The Bertz CT molecular complexity index is 303. The first-order chi connectivity index (χ1) is 7.15. The van der Waals surface area contributed by atoms with Crippen molar-refractivity contribution in [2.45, 2.75) is 51.6 Å². The van der Waals surface area contributed by atoms with Crippen molar-refractivity contribution in [3.8, 4) is 0 Å². The van der Waals surface area contributed by atoms with Crippen LogP contribution in [0, 0.1) is 0 Å². The standard InChI is InChI=1S/C10H20N4O2/c1-9(2)5-7(12-13-8(11)15)6-10(3,4)14(9)16/h16H,5-6H2,1-4H3,(H3,11,13,15). The number of piperidine rings is 1. The van der Waals surface area contributed by atoms with Crippen molar-refractivity contribution in [2.24, 2.45) is 10.8 Å². The summed E-state index contributed by atoms with van der Waals surface area (Å²) in [6.45, 7) is 7.70. The Labute approximate surface area is 95.4 Å². The first-order valence-corrected chi connectivity index (χ1v) is 5.25. The zero-order chi connectivity index (χ0) is 12.6. The topological polar surface area (TPSA) is 90.9 Å². The van der Waals surface area contributed by atoms with Crippen LogP contribution in [-0.2, 0) is 0 Å². The normalized spacial score (nSPS) is 23.9. The molecule has 0 atom stereocenters. The highest BCUT2D eigenvalue weighted by Gasteiger charge is 2.43. The molecule has 0 spiro atoms. The molecular formula is C10H20N4O2. The minimum atomic E-state index is -0.672. The first kappa shape index (κ1) is 12.9. The molecule has 0 radical (unpaired) electrons. The molecule has 0 aromatic rings. The predicted octanol–water partition coefficient (Wildman–Crippen LogP) is 1.05. The average Bonchev–Trinajstić information content (AvgIpc) is 2.10. The molecule has 1 aliphatic rings. The summed E-state index contributed by atoms with van der Waals surface area (Å²) in [6, 6.07) is -0.672. The van der Waals surface area contributed by atoms with E-state index < -0.39 is 17.1 Å². The molecule has 92 valence electrons. The maximum atomic E-state index is 10.6. The highest BCUT2D eigenvalue weighted by atomic mass is 16.5. The Morgan fingerprint density at radius 1 is 1.38 bits per heavy atom. The summed E-state index contributed by atoms with van der Waals surface area (Å²) in [7, 11) is 0. The van der Waals surface area contributed by atoms with Crippen LogP contribution in [0.15, 0.2) is 5.10 Å². The Morgan fingerprint density at radius 2 is 1.81 bits per heavy atom. The van der Waals surface area contributed by atoms with E-state index in [0.29, 0.717) is 12.8 Å². The van der Waals surface area contributed by atoms with Crippen molar-refractivity contribution in [3.05, 3.63) is 0 Å². The summed E-state index contributed by atoms with van der Waals surface area (Å²) in [6.07, 6.45) is 1.18. The van der Waals surface area contributed by atoms with Crippen molar-refractivity contribution in [1.29, 1.82) is 0 Å². The Hall–Kier alpha value is -1.14. The lowest BCUT2D eigenvalue weighted by Gasteiger charge is -2.48. The van der Waals surface area contributed by atoms with Gasteiger partial charge in [0.1, 0.15) is 0 Å². The van der Waals surface area contributed by atoms with Gasteiger partial charge in [0.15, 0.2) is 0 Å². The lowest BCUT2D eigenvalue weighted by Crippen LogP contribution is -2.59. The number of carbonyl (C=O) groups excluding carboxylic acids is 1. The van der Waals surface area contributed by atoms with Gasteiger partial charge in [-0.25, -0.2) is 10.2 Å². The van der Waals surface area contributed by atoms with Gasteiger partial charge < -0.3 is 10.9 Å². The Balaban J connectivity index is 2.86. The van der Waals surface area contributed by atoms with E-state index in [-0.39, 0.29) is 0 Å². The fourth-order valence-electron chi connectivity index (χ4n) is 2.24. The fourth-order valence-corrected chi connectivity index (χ4v) is 2.24. The number of hydrazone groups is 1. The number of primary amides is 1. The number of hydrogen-bond acceptors (Lipinski definition) is 4. The molecule has 6 nitrogen and oxygen atoms in total. The summed E-state index contributed by atoms with van der Waals surface area (Å²) in [5.74, 6) is 0. The zero-order valence-electron chi connectivity index (χ0n) is 10.2. The monoisotopic (exact) mass is 228 g/mol. The molecule has 0 unspecified atom stereocenters. The van der Waals surface area contributed by atoms with Crippen LogP contribution < -0.4 is 11.2 Å². The zero-order valence-corrected chi connectivity index (χ0v) is 10.2. The van der Waals surface area contributed by atoms with Crippen LogP contribution in [0.3, 0.4) is 0 Å². The minimum Gasteiger partial charge on any atom is -0.350 e. The molecule has 1 saturated heterocycles. The molecule has 1 aliphatic heterocycles. The average molecular weight is 228 g/mol. The second-order valence-corrected chi connectivity index (χ2v) is 5.44. The van der Waals surface area contributed by atoms with Gasteiger partial charge in [-0.15, -0.1) is 0 Å². The molecule has 1 fully saturated rings. The van der Waals surface area contributed by atoms with Gasteiger partial charge in [0.2, 0.25) is 0 Å². The van der Waals surface area contributed by atoms with Crippen LogP contribution in [0.1, 0.15) is 40.5 Å². The van der Waals surface area contributed by atoms with E-state index in [0.717, 1.165) is 5.71 Å². The maximum Gasteiger partial charge on any atom is 0.332 e. The van der Waals surface area contributed by atoms with E-state index >= 15 is 0 Å². The van der Waals surface area contributed by atoms with Crippen LogP contribution in [0.4, 0.5) is 4.79 Å². The third kappa shape index (κ3) is 2.70. The summed E-state index contributed by atoms with van der Waals surface area (Å²) in [5.41, 5.74) is 7.21. The van der Waals surface area contributed by atoms with Gasteiger partial charge in [-0.05, 0) is 27.7 Å². The molecule has 6 heteroatoms. The number of hydrogen-bond donors (Lipinski definition) is 3. The molecule has 0 saturated carbocycles. The largest absolute Gasteiger partial charge is 0.350 e. The summed E-state index contributed by atoms with van der Waals surface area (Å²) >= 11 is 0. The Kier molecular flexibility index (Phi) is 3.25. The number of carbonyl (C=O) groups is 1. The summed E-state index contributed by atoms with van der Waals surface area (Å²) in [4.78, 5) is 10.6. The highest BCUT2D eigenvalue weighted by Crippen LogP contribution is 2.34. The number of hydroxylamine groups is 2. The molecule has 1 heterocycles. The molecule has 0 aromatic carbocycles. The minimum absolute atomic E-state index is 0.403. The van der Waals surface area contributed by atoms with Gasteiger partial charge in [0.05, 0.1) is 0 Å².